The molecular weight excluding hydrogens is 424 g/mol. The molecule has 0 spiro atoms. The van der Waals surface area contributed by atoms with Crippen molar-refractivity contribution in [2.24, 2.45) is 5.92 Å². The predicted molar refractivity (Wildman–Crippen MR) is 141 cm³/mol. The molecule has 4 aromatic rings. The molecule has 3 N–H and O–H groups in total. The summed E-state index contributed by atoms with van der Waals surface area (Å²) in [6.45, 7) is 6.47. The van der Waals surface area contributed by atoms with Crippen molar-refractivity contribution in [2.45, 2.75) is 46.1 Å². The van der Waals surface area contributed by atoms with Crippen LogP contribution in [0, 0.1) is 5.92 Å². The molecule has 178 valence electrons. The van der Waals surface area contributed by atoms with E-state index in [1.54, 1.807) is 0 Å². The van der Waals surface area contributed by atoms with Crippen molar-refractivity contribution in [3.63, 3.8) is 0 Å². The highest BCUT2D eigenvalue weighted by atomic mass is 16.1. The van der Waals surface area contributed by atoms with E-state index in [1.165, 1.54) is 0 Å². The third-order valence-electron chi connectivity index (χ3n) is 6.15. The van der Waals surface area contributed by atoms with E-state index in [9.17, 15) is 4.79 Å². The molecule has 1 atom stereocenters. The summed E-state index contributed by atoms with van der Waals surface area (Å²) in [5, 5.41) is 3.13. The summed E-state index contributed by atoms with van der Waals surface area (Å²) in [5.74, 6) is 0.779. The van der Waals surface area contributed by atoms with Crippen molar-refractivity contribution in [3.05, 3.63) is 54.1 Å². The van der Waals surface area contributed by atoms with Crippen molar-refractivity contribution in [1.82, 2.24) is 19.9 Å². The number of para-hydroxylation sites is 2. The van der Waals surface area contributed by atoms with Gasteiger partial charge in [-0.15, -0.1) is 0 Å². The number of rotatable bonds is 8. The van der Waals surface area contributed by atoms with Gasteiger partial charge in [0.2, 0.25) is 0 Å². The average molecular weight is 459 g/mol. The van der Waals surface area contributed by atoms with Crippen LogP contribution in [0.15, 0.2) is 48.5 Å². The average Bonchev–Trinajstić information content (AvgIpc) is 3.07. The molecule has 0 bridgehead atoms. The summed E-state index contributed by atoms with van der Waals surface area (Å²) in [4.78, 5) is 25.1. The largest absolute Gasteiger partial charge is 0.384 e. The monoisotopic (exact) mass is 458 g/mol. The Hall–Kier alpha value is -3.61. The number of hydrogen-bond donors (Lipinski definition) is 2. The molecule has 0 fully saturated rings. The molecule has 2 aromatic heterocycles. The van der Waals surface area contributed by atoms with Gasteiger partial charge in [-0.3, -0.25) is 9.36 Å². The summed E-state index contributed by atoms with van der Waals surface area (Å²) in [7, 11) is 3.99. The van der Waals surface area contributed by atoms with Crippen molar-refractivity contribution in [2.75, 3.05) is 24.7 Å². The van der Waals surface area contributed by atoms with Gasteiger partial charge >= 0.3 is 0 Å². The second kappa shape index (κ2) is 9.71. The quantitative estimate of drug-likeness (QED) is 0.380. The minimum Gasteiger partial charge on any atom is -0.384 e. The fraction of sp³-hybridized carbons (Fsp3) is 0.370. The SMILES string of the molecule is CC(C)CCC[C@@H](C)NC(=O)c1c(N)n(-c2ccc(N(C)C)cc2)c2nc3ccccc3nc12. The highest BCUT2D eigenvalue weighted by molar-refractivity contribution is 6.11. The highest BCUT2D eigenvalue weighted by Gasteiger charge is 2.25. The first-order chi connectivity index (χ1) is 16.3. The maximum absolute atomic E-state index is 13.4. The molecule has 0 saturated carbocycles. The maximum atomic E-state index is 13.4. The Morgan fingerprint density at radius 3 is 2.26 bits per heavy atom. The van der Waals surface area contributed by atoms with Crippen LogP contribution < -0.4 is 16.0 Å². The number of nitrogen functional groups attached to an aromatic ring is 1. The van der Waals surface area contributed by atoms with E-state index in [0.29, 0.717) is 28.5 Å². The summed E-state index contributed by atoms with van der Waals surface area (Å²) < 4.78 is 1.83. The molecular formula is C27H34N6O. The molecule has 0 radical (unpaired) electrons. The van der Waals surface area contributed by atoms with E-state index in [4.69, 9.17) is 15.7 Å². The van der Waals surface area contributed by atoms with Crippen LogP contribution in [-0.2, 0) is 0 Å². The Balaban J connectivity index is 1.79. The number of benzene rings is 2. The number of nitrogens with one attached hydrogen (secondary N) is 1. The number of carbonyl (C=O) groups is 1. The summed E-state index contributed by atoms with van der Waals surface area (Å²) in [6, 6.07) is 15.7. The molecule has 0 saturated heterocycles. The molecule has 34 heavy (non-hydrogen) atoms. The molecule has 7 nitrogen and oxygen atoms in total. The summed E-state index contributed by atoms with van der Waals surface area (Å²) in [5.41, 5.74) is 11.5. The fourth-order valence-electron chi connectivity index (χ4n) is 4.25. The molecule has 0 aliphatic rings. The normalized spacial score (nSPS) is 12.4. The summed E-state index contributed by atoms with van der Waals surface area (Å²) >= 11 is 0. The van der Waals surface area contributed by atoms with Crippen LogP contribution in [0.3, 0.4) is 0 Å². The molecule has 0 aliphatic carbocycles. The van der Waals surface area contributed by atoms with Gasteiger partial charge in [0.15, 0.2) is 5.65 Å². The number of nitrogens with two attached hydrogens (primary N) is 1. The first-order valence-corrected chi connectivity index (χ1v) is 11.9. The van der Waals surface area contributed by atoms with Gasteiger partial charge in [-0.25, -0.2) is 9.97 Å². The Bertz CT molecular complexity index is 1310. The van der Waals surface area contributed by atoms with Crippen LogP contribution in [0.5, 0.6) is 0 Å². The first-order valence-electron chi connectivity index (χ1n) is 11.9. The number of hydrogen-bond acceptors (Lipinski definition) is 5. The maximum Gasteiger partial charge on any atom is 0.257 e. The third-order valence-corrected chi connectivity index (χ3v) is 6.15. The molecule has 2 heterocycles. The van der Waals surface area contributed by atoms with Crippen LogP contribution >= 0.6 is 0 Å². The number of fused-ring (bicyclic) bond motifs is 2. The van der Waals surface area contributed by atoms with Gasteiger partial charge in [-0.1, -0.05) is 38.8 Å². The zero-order chi connectivity index (χ0) is 24.4. The van der Waals surface area contributed by atoms with Crippen LogP contribution in [-0.4, -0.2) is 40.6 Å². The smallest absolute Gasteiger partial charge is 0.257 e. The highest BCUT2D eigenvalue weighted by Crippen LogP contribution is 2.31. The minimum absolute atomic E-state index is 0.0387. The zero-order valence-corrected chi connectivity index (χ0v) is 20.7. The van der Waals surface area contributed by atoms with Gasteiger partial charge < -0.3 is 16.0 Å². The molecule has 1 amide bonds. The number of nitrogens with zero attached hydrogens (tertiary/aromatic N) is 4. The second-order valence-electron chi connectivity index (χ2n) is 9.59. The van der Waals surface area contributed by atoms with Gasteiger partial charge in [0, 0.05) is 31.5 Å². The van der Waals surface area contributed by atoms with Crippen LogP contribution in [0.25, 0.3) is 27.9 Å². The van der Waals surface area contributed by atoms with E-state index >= 15 is 0 Å². The molecule has 0 unspecified atom stereocenters. The Morgan fingerprint density at radius 2 is 1.65 bits per heavy atom. The number of amides is 1. The van der Waals surface area contributed by atoms with Gasteiger partial charge in [0.05, 0.1) is 11.0 Å². The van der Waals surface area contributed by atoms with Gasteiger partial charge in [0.1, 0.15) is 16.9 Å². The van der Waals surface area contributed by atoms with Crippen molar-refractivity contribution in [3.8, 4) is 5.69 Å². The lowest BCUT2D eigenvalue weighted by Crippen LogP contribution is -2.33. The topological polar surface area (TPSA) is 89.1 Å². The molecule has 7 heteroatoms. The van der Waals surface area contributed by atoms with Crippen molar-refractivity contribution in [1.29, 1.82) is 0 Å². The Kier molecular flexibility index (Phi) is 6.72. The van der Waals surface area contributed by atoms with Crippen LogP contribution in [0.1, 0.15) is 50.4 Å². The van der Waals surface area contributed by atoms with Crippen LogP contribution in [0.2, 0.25) is 0 Å². The lowest BCUT2D eigenvalue weighted by atomic mass is 10.0. The summed E-state index contributed by atoms with van der Waals surface area (Å²) in [6.07, 6.45) is 3.13. The van der Waals surface area contributed by atoms with Crippen molar-refractivity contribution < 1.29 is 4.79 Å². The Labute approximate surface area is 201 Å². The Morgan fingerprint density at radius 1 is 1.00 bits per heavy atom. The molecule has 2 aromatic carbocycles. The van der Waals surface area contributed by atoms with Gasteiger partial charge in [-0.2, -0.15) is 0 Å². The van der Waals surface area contributed by atoms with Gasteiger partial charge in [-0.05, 0) is 55.7 Å². The van der Waals surface area contributed by atoms with E-state index in [2.05, 4.69) is 19.2 Å². The van der Waals surface area contributed by atoms with E-state index in [0.717, 1.165) is 41.7 Å². The first kappa shape index (κ1) is 23.5. The van der Waals surface area contributed by atoms with Crippen molar-refractivity contribution >= 4 is 39.6 Å². The lowest BCUT2D eigenvalue weighted by molar-refractivity contribution is 0.0940. The fourth-order valence-corrected chi connectivity index (χ4v) is 4.25. The molecule has 0 aliphatic heterocycles. The zero-order valence-electron chi connectivity index (χ0n) is 20.7. The second-order valence-corrected chi connectivity index (χ2v) is 9.59. The minimum atomic E-state index is -0.215. The number of aromatic nitrogens is 3. The third kappa shape index (κ3) is 4.69. The van der Waals surface area contributed by atoms with E-state index in [1.807, 2.05) is 79.0 Å². The van der Waals surface area contributed by atoms with Gasteiger partial charge in [0.25, 0.3) is 5.91 Å². The predicted octanol–water partition coefficient (Wildman–Crippen LogP) is 5.17. The molecule has 4 rings (SSSR count). The van der Waals surface area contributed by atoms with E-state index in [-0.39, 0.29) is 11.9 Å². The number of anilines is 2. The van der Waals surface area contributed by atoms with E-state index < -0.39 is 0 Å². The standard InChI is InChI=1S/C27H34N6O/c1-17(2)9-8-10-18(3)29-27(34)23-24-26(31-22-12-7-6-11-21(22)30-24)33(25(23)28)20-15-13-19(14-16-20)32(4)5/h6-7,11-18H,8-10,28H2,1-5H3,(H,29,34)/t18-/m1/s1. The van der Waals surface area contributed by atoms with Crippen LogP contribution in [0.4, 0.5) is 11.5 Å². The lowest BCUT2D eigenvalue weighted by Gasteiger charge is -2.15. The number of carbonyl (C=O) groups excluding carboxylic acids is 1.